The summed E-state index contributed by atoms with van der Waals surface area (Å²) in [6, 6.07) is 6.44. The molecule has 0 unspecified atom stereocenters. The maximum Gasteiger partial charge on any atom is 0.338 e. The standard InChI is InChI=1S/C12H14O4.C5H14NO2P/c1-3-15-11(13)9-7-5-6-8-10(9)12(14)16-4-2;1-3-7-9(5-6)8-4-2/h5-8H,3-4H2,1-2H3;5,9H,3-4,6H2,1-2H3. The molecule has 0 saturated heterocycles. The van der Waals surface area contributed by atoms with Crippen LogP contribution in [0.5, 0.6) is 0 Å². The summed E-state index contributed by atoms with van der Waals surface area (Å²) in [4.78, 5) is 23.1. The quantitative estimate of drug-likeness (QED) is 0.553. The molecule has 0 aliphatic heterocycles. The first kappa shape index (κ1) is 23.3. The molecule has 0 atom stereocenters. The summed E-state index contributed by atoms with van der Waals surface area (Å²) in [5, 5.41) is 0. The molecular formula is C17H28NO6P. The smallest absolute Gasteiger partial charge is 0.338 e. The van der Waals surface area contributed by atoms with E-state index in [2.05, 4.69) is 0 Å². The number of rotatable bonds is 8. The zero-order valence-corrected chi connectivity index (χ0v) is 16.2. The number of nitrogens with two attached hydrogens (primary N) is 1. The summed E-state index contributed by atoms with van der Waals surface area (Å²) in [7, 11) is -1.23. The first-order chi connectivity index (χ1) is 12.0. The molecule has 1 rings (SSSR count). The molecule has 8 heteroatoms. The van der Waals surface area contributed by atoms with Crippen molar-refractivity contribution in [1.29, 1.82) is 0 Å². The maximum atomic E-state index is 11.5. The van der Waals surface area contributed by atoms with Gasteiger partial charge in [0.05, 0.1) is 37.6 Å². The topological polar surface area (TPSA) is 97.1 Å². The van der Waals surface area contributed by atoms with Crippen molar-refractivity contribution in [3.63, 3.8) is 0 Å². The Morgan fingerprint density at radius 1 is 0.880 bits per heavy atom. The Hall–Kier alpha value is -1.66. The highest BCUT2D eigenvalue weighted by Crippen LogP contribution is 2.22. The van der Waals surface area contributed by atoms with E-state index >= 15 is 0 Å². The molecule has 0 aliphatic rings. The highest BCUT2D eigenvalue weighted by Gasteiger charge is 2.17. The van der Waals surface area contributed by atoms with E-state index < -0.39 is 19.9 Å². The van der Waals surface area contributed by atoms with E-state index in [0.29, 0.717) is 13.2 Å². The van der Waals surface area contributed by atoms with E-state index in [0.717, 1.165) is 0 Å². The highest BCUT2D eigenvalue weighted by molar-refractivity contribution is 7.47. The lowest BCUT2D eigenvalue weighted by Crippen LogP contribution is -2.13. The second-order valence-corrected chi connectivity index (χ2v) is 5.89. The summed E-state index contributed by atoms with van der Waals surface area (Å²) < 4.78 is 20.0. The van der Waals surface area contributed by atoms with Gasteiger partial charge >= 0.3 is 11.9 Å². The van der Waals surface area contributed by atoms with Crippen molar-refractivity contribution in [2.75, 3.05) is 26.4 Å². The number of hydrogen-bond donors (Lipinski definition) is 1. The number of carbonyl (C=O) groups excluding carboxylic acids is 2. The maximum absolute atomic E-state index is 11.5. The number of benzene rings is 1. The normalized spacial score (nSPS) is 9.84. The monoisotopic (exact) mass is 373 g/mol. The fraction of sp³-hybridized carbons (Fsp3) is 0.471. The SMILES string of the molecule is CCOC(=O)c1ccccc1C(=O)OCC.CCO[PH](=CN)OCC. The molecule has 1 aromatic rings. The van der Waals surface area contributed by atoms with E-state index in [1.54, 1.807) is 38.1 Å². The van der Waals surface area contributed by atoms with Gasteiger partial charge in [0.1, 0.15) is 8.00 Å². The molecule has 0 heterocycles. The molecule has 0 amide bonds. The van der Waals surface area contributed by atoms with Crippen LogP contribution in [0.2, 0.25) is 0 Å². The van der Waals surface area contributed by atoms with Gasteiger partial charge in [0.2, 0.25) is 0 Å². The van der Waals surface area contributed by atoms with Gasteiger partial charge in [-0.2, -0.15) is 0 Å². The van der Waals surface area contributed by atoms with E-state index in [-0.39, 0.29) is 24.3 Å². The first-order valence-corrected chi connectivity index (χ1v) is 9.55. The van der Waals surface area contributed by atoms with Gasteiger partial charge in [-0.3, -0.25) is 0 Å². The van der Waals surface area contributed by atoms with Crippen molar-refractivity contribution < 1.29 is 28.1 Å². The molecule has 0 radical (unpaired) electrons. The summed E-state index contributed by atoms with van der Waals surface area (Å²) in [5.74, 6) is 0.481. The van der Waals surface area contributed by atoms with Crippen molar-refractivity contribution in [2.24, 2.45) is 5.73 Å². The van der Waals surface area contributed by atoms with Gasteiger partial charge in [-0.25, -0.2) is 9.59 Å². The predicted molar refractivity (Wildman–Crippen MR) is 100 cm³/mol. The highest BCUT2D eigenvalue weighted by atomic mass is 31.1. The van der Waals surface area contributed by atoms with Crippen LogP contribution in [0.3, 0.4) is 0 Å². The predicted octanol–water partition coefficient (Wildman–Crippen LogP) is 2.86. The van der Waals surface area contributed by atoms with Crippen molar-refractivity contribution >= 4 is 25.9 Å². The lowest BCUT2D eigenvalue weighted by atomic mass is 10.1. The van der Waals surface area contributed by atoms with Gasteiger partial charge in [0.25, 0.3) is 0 Å². The third-order valence-corrected chi connectivity index (χ3v) is 4.05. The minimum absolute atomic E-state index is 0.239. The molecule has 0 fully saturated rings. The third-order valence-electron chi connectivity index (χ3n) is 2.63. The average Bonchev–Trinajstić information content (AvgIpc) is 2.62. The largest absolute Gasteiger partial charge is 0.462 e. The molecule has 0 aromatic heterocycles. The van der Waals surface area contributed by atoms with Gasteiger partial charge < -0.3 is 24.3 Å². The van der Waals surface area contributed by atoms with Crippen molar-refractivity contribution in [3.8, 4) is 0 Å². The Balaban J connectivity index is 0.000000547. The van der Waals surface area contributed by atoms with E-state index in [1.165, 1.54) is 5.92 Å². The number of carbonyl (C=O) groups is 2. The minimum Gasteiger partial charge on any atom is -0.462 e. The molecule has 142 valence electrons. The Bertz CT molecular complexity index is 517. The molecular weight excluding hydrogens is 345 g/mol. The van der Waals surface area contributed by atoms with Gasteiger partial charge in [0, 0.05) is 5.92 Å². The van der Waals surface area contributed by atoms with Crippen LogP contribution in [-0.4, -0.2) is 44.3 Å². The van der Waals surface area contributed by atoms with Crippen LogP contribution in [0.1, 0.15) is 48.4 Å². The van der Waals surface area contributed by atoms with Crippen LogP contribution < -0.4 is 5.73 Å². The van der Waals surface area contributed by atoms with E-state index in [4.69, 9.17) is 24.3 Å². The number of esters is 2. The van der Waals surface area contributed by atoms with Gasteiger partial charge in [-0.15, -0.1) is 0 Å². The zero-order chi connectivity index (χ0) is 19.1. The van der Waals surface area contributed by atoms with Gasteiger partial charge in [-0.05, 0) is 39.8 Å². The van der Waals surface area contributed by atoms with Crippen LogP contribution in [0.15, 0.2) is 24.3 Å². The Morgan fingerprint density at radius 2 is 1.28 bits per heavy atom. The van der Waals surface area contributed by atoms with E-state index in [9.17, 15) is 9.59 Å². The van der Waals surface area contributed by atoms with E-state index in [1.807, 2.05) is 13.8 Å². The van der Waals surface area contributed by atoms with Crippen molar-refractivity contribution in [1.82, 2.24) is 0 Å². The number of hydrogen-bond acceptors (Lipinski definition) is 6. The fourth-order valence-corrected chi connectivity index (χ4v) is 2.52. The Morgan fingerprint density at radius 3 is 1.56 bits per heavy atom. The molecule has 7 nitrogen and oxygen atoms in total. The molecule has 0 aliphatic carbocycles. The van der Waals surface area contributed by atoms with Gasteiger partial charge in [0.15, 0.2) is 0 Å². The summed E-state index contributed by atoms with van der Waals surface area (Å²) >= 11 is 0. The van der Waals surface area contributed by atoms with Gasteiger partial charge in [-0.1, -0.05) is 12.1 Å². The Kier molecular flexibility index (Phi) is 13.7. The minimum atomic E-state index is -1.23. The second-order valence-electron chi connectivity index (χ2n) is 4.34. The third kappa shape index (κ3) is 9.41. The fourth-order valence-electron chi connectivity index (χ4n) is 1.68. The molecule has 2 N–H and O–H groups in total. The summed E-state index contributed by atoms with van der Waals surface area (Å²) in [6.07, 6.45) is 0. The van der Waals surface area contributed by atoms with Crippen LogP contribution in [0.4, 0.5) is 0 Å². The summed E-state index contributed by atoms with van der Waals surface area (Å²) in [6.45, 7) is 9.16. The van der Waals surface area contributed by atoms with Crippen LogP contribution >= 0.6 is 8.00 Å². The first-order valence-electron chi connectivity index (χ1n) is 8.16. The molecule has 0 bridgehead atoms. The second kappa shape index (κ2) is 14.7. The average molecular weight is 373 g/mol. The summed E-state index contributed by atoms with van der Waals surface area (Å²) in [5.41, 5.74) is 5.69. The van der Waals surface area contributed by atoms with Crippen molar-refractivity contribution in [2.45, 2.75) is 27.7 Å². The van der Waals surface area contributed by atoms with Crippen molar-refractivity contribution in [3.05, 3.63) is 35.4 Å². The zero-order valence-electron chi connectivity index (χ0n) is 15.2. The van der Waals surface area contributed by atoms with Crippen LogP contribution in [0.25, 0.3) is 0 Å². The number of ether oxygens (including phenoxy) is 2. The molecule has 0 spiro atoms. The lowest BCUT2D eigenvalue weighted by molar-refractivity contribution is 0.0479. The van der Waals surface area contributed by atoms with Crippen LogP contribution in [0, 0.1) is 0 Å². The Labute approximate surface area is 149 Å². The molecule has 1 aromatic carbocycles. The molecule has 0 saturated carbocycles. The molecule has 25 heavy (non-hydrogen) atoms. The lowest BCUT2D eigenvalue weighted by Gasteiger charge is -2.07. The van der Waals surface area contributed by atoms with Crippen LogP contribution in [-0.2, 0) is 18.5 Å².